The number of anilines is 2. The molecule has 0 aliphatic carbocycles. The first kappa shape index (κ1) is 19.9. The highest BCUT2D eigenvalue weighted by Gasteiger charge is 2.13. The Balaban J connectivity index is 2.22. The number of amides is 1. The zero-order valence-corrected chi connectivity index (χ0v) is 16.4. The maximum absolute atomic E-state index is 12.3. The molecular formula is C18H24ClN5O2. The van der Waals surface area contributed by atoms with Crippen LogP contribution in [0.5, 0.6) is 5.75 Å². The lowest BCUT2D eigenvalue weighted by Crippen LogP contribution is -2.32. The highest BCUT2D eigenvalue weighted by molar-refractivity contribution is 6.31. The number of nitrogens with one attached hydrogen (secondary N) is 2. The van der Waals surface area contributed by atoms with Crippen molar-refractivity contribution >= 4 is 29.0 Å². The fraction of sp³-hybridized carbons (Fsp3) is 0.389. The summed E-state index contributed by atoms with van der Waals surface area (Å²) in [5, 5.41) is 6.64. The molecule has 0 saturated heterocycles. The monoisotopic (exact) mass is 377 g/mol. The standard InChI is InChI=1S/C18H24ClN5O2/c1-11-8-14(16(26-5)9-13(11)19)23-17-10-15(21-12(2)22-17)18(25)20-6-7-24(3)4/h8-10H,6-7H2,1-5H3,(H,20,25)(H,21,22,23). The van der Waals surface area contributed by atoms with Crippen LogP contribution in [0.2, 0.25) is 5.02 Å². The van der Waals surface area contributed by atoms with Crippen molar-refractivity contribution < 1.29 is 9.53 Å². The van der Waals surface area contributed by atoms with E-state index >= 15 is 0 Å². The Hall–Kier alpha value is -2.38. The fourth-order valence-corrected chi connectivity index (χ4v) is 2.45. The van der Waals surface area contributed by atoms with E-state index in [0.29, 0.717) is 40.3 Å². The summed E-state index contributed by atoms with van der Waals surface area (Å²) in [7, 11) is 5.47. The van der Waals surface area contributed by atoms with Gasteiger partial charge < -0.3 is 20.3 Å². The summed E-state index contributed by atoms with van der Waals surface area (Å²) in [5.41, 5.74) is 1.93. The second-order valence-corrected chi connectivity index (χ2v) is 6.58. The number of nitrogens with zero attached hydrogens (tertiary/aromatic N) is 3. The van der Waals surface area contributed by atoms with Crippen LogP contribution in [0.25, 0.3) is 0 Å². The van der Waals surface area contributed by atoms with E-state index in [-0.39, 0.29) is 5.91 Å². The number of rotatable bonds is 7. The molecule has 1 amide bonds. The second-order valence-electron chi connectivity index (χ2n) is 6.17. The average Bonchev–Trinajstić information content (AvgIpc) is 2.57. The van der Waals surface area contributed by atoms with Crippen LogP contribution >= 0.6 is 11.6 Å². The molecule has 26 heavy (non-hydrogen) atoms. The number of aryl methyl sites for hydroxylation is 2. The van der Waals surface area contributed by atoms with Crippen LogP contribution in [0.15, 0.2) is 18.2 Å². The van der Waals surface area contributed by atoms with Gasteiger partial charge in [0.25, 0.3) is 5.91 Å². The number of benzene rings is 1. The van der Waals surface area contributed by atoms with Crippen LogP contribution in [0.1, 0.15) is 21.9 Å². The Morgan fingerprint density at radius 1 is 1.23 bits per heavy atom. The van der Waals surface area contributed by atoms with Crippen molar-refractivity contribution in [3.05, 3.63) is 40.3 Å². The number of hydrogen-bond donors (Lipinski definition) is 2. The molecule has 2 N–H and O–H groups in total. The molecule has 0 aliphatic rings. The third kappa shape index (κ3) is 5.31. The van der Waals surface area contributed by atoms with Crippen molar-refractivity contribution in [1.29, 1.82) is 0 Å². The van der Waals surface area contributed by atoms with Crippen molar-refractivity contribution in [2.75, 3.05) is 39.6 Å². The van der Waals surface area contributed by atoms with E-state index in [2.05, 4.69) is 20.6 Å². The van der Waals surface area contributed by atoms with Gasteiger partial charge in [-0.1, -0.05) is 11.6 Å². The quantitative estimate of drug-likeness (QED) is 0.772. The molecule has 0 atom stereocenters. The van der Waals surface area contributed by atoms with Crippen LogP contribution < -0.4 is 15.4 Å². The van der Waals surface area contributed by atoms with Gasteiger partial charge in [0.2, 0.25) is 0 Å². The van der Waals surface area contributed by atoms with Gasteiger partial charge in [-0.2, -0.15) is 0 Å². The first-order valence-electron chi connectivity index (χ1n) is 8.20. The smallest absolute Gasteiger partial charge is 0.270 e. The number of ether oxygens (including phenoxy) is 1. The molecule has 8 heteroatoms. The van der Waals surface area contributed by atoms with Crippen LogP contribution in [-0.4, -0.2) is 55.1 Å². The minimum atomic E-state index is -0.236. The number of halogens is 1. The first-order valence-corrected chi connectivity index (χ1v) is 8.57. The number of carbonyl (C=O) groups excluding carboxylic acids is 1. The minimum absolute atomic E-state index is 0.236. The predicted molar refractivity (Wildman–Crippen MR) is 104 cm³/mol. The summed E-state index contributed by atoms with van der Waals surface area (Å²) in [5.74, 6) is 1.36. The number of carbonyl (C=O) groups is 1. The Bertz CT molecular complexity index is 795. The summed E-state index contributed by atoms with van der Waals surface area (Å²) < 4.78 is 5.36. The lowest BCUT2D eigenvalue weighted by Gasteiger charge is -2.14. The van der Waals surface area contributed by atoms with Crippen molar-refractivity contribution in [3.8, 4) is 5.75 Å². The summed E-state index contributed by atoms with van der Waals surface area (Å²) >= 11 is 6.14. The summed E-state index contributed by atoms with van der Waals surface area (Å²) in [4.78, 5) is 22.9. The number of likely N-dealkylation sites (N-methyl/N-ethyl adjacent to an activating group) is 1. The Labute approximate surface area is 158 Å². The van der Waals surface area contributed by atoms with Crippen LogP contribution in [-0.2, 0) is 0 Å². The highest BCUT2D eigenvalue weighted by Crippen LogP contribution is 2.32. The predicted octanol–water partition coefficient (Wildman–Crippen LogP) is 2.79. The van der Waals surface area contributed by atoms with Crippen molar-refractivity contribution in [2.24, 2.45) is 0 Å². The molecule has 2 aromatic rings. The van der Waals surface area contributed by atoms with E-state index < -0.39 is 0 Å². The van der Waals surface area contributed by atoms with Gasteiger partial charge in [0.05, 0.1) is 12.8 Å². The van der Waals surface area contributed by atoms with Gasteiger partial charge in [-0.05, 0) is 39.6 Å². The van der Waals surface area contributed by atoms with Crippen LogP contribution in [0.4, 0.5) is 11.5 Å². The van der Waals surface area contributed by atoms with E-state index in [1.54, 1.807) is 26.2 Å². The third-order valence-electron chi connectivity index (χ3n) is 3.66. The first-order chi connectivity index (χ1) is 12.3. The largest absolute Gasteiger partial charge is 0.495 e. The normalized spacial score (nSPS) is 10.7. The summed E-state index contributed by atoms with van der Waals surface area (Å²) in [6.45, 7) is 4.94. The average molecular weight is 378 g/mol. The van der Waals surface area contributed by atoms with Gasteiger partial charge in [0.1, 0.15) is 23.1 Å². The topological polar surface area (TPSA) is 79.4 Å². The molecule has 0 unspecified atom stereocenters. The molecule has 0 radical (unpaired) electrons. The van der Waals surface area contributed by atoms with Gasteiger partial charge in [0, 0.05) is 30.2 Å². The molecule has 0 fully saturated rings. The maximum atomic E-state index is 12.3. The molecule has 0 aliphatic heterocycles. The van der Waals surface area contributed by atoms with Gasteiger partial charge >= 0.3 is 0 Å². The van der Waals surface area contributed by atoms with Crippen molar-refractivity contribution in [3.63, 3.8) is 0 Å². The molecule has 7 nitrogen and oxygen atoms in total. The van der Waals surface area contributed by atoms with E-state index in [0.717, 1.165) is 12.1 Å². The summed E-state index contributed by atoms with van der Waals surface area (Å²) in [6, 6.07) is 5.22. The van der Waals surface area contributed by atoms with E-state index in [1.807, 2.05) is 32.0 Å². The van der Waals surface area contributed by atoms with Crippen LogP contribution in [0.3, 0.4) is 0 Å². The number of hydrogen-bond acceptors (Lipinski definition) is 6. The molecule has 1 heterocycles. The Morgan fingerprint density at radius 3 is 2.62 bits per heavy atom. The lowest BCUT2D eigenvalue weighted by atomic mass is 10.2. The zero-order chi connectivity index (χ0) is 19.3. The molecule has 1 aromatic carbocycles. The van der Waals surface area contributed by atoms with E-state index in [4.69, 9.17) is 16.3 Å². The van der Waals surface area contributed by atoms with E-state index in [9.17, 15) is 4.79 Å². The molecule has 0 saturated carbocycles. The summed E-state index contributed by atoms with van der Waals surface area (Å²) in [6.07, 6.45) is 0. The zero-order valence-electron chi connectivity index (χ0n) is 15.7. The van der Waals surface area contributed by atoms with Crippen molar-refractivity contribution in [1.82, 2.24) is 20.2 Å². The Kier molecular flexibility index (Phi) is 6.76. The number of methoxy groups -OCH3 is 1. The molecule has 140 valence electrons. The van der Waals surface area contributed by atoms with E-state index in [1.165, 1.54) is 0 Å². The van der Waals surface area contributed by atoms with Crippen molar-refractivity contribution in [2.45, 2.75) is 13.8 Å². The fourth-order valence-electron chi connectivity index (χ4n) is 2.30. The number of aromatic nitrogens is 2. The lowest BCUT2D eigenvalue weighted by molar-refractivity contribution is 0.0945. The highest BCUT2D eigenvalue weighted by atomic mass is 35.5. The minimum Gasteiger partial charge on any atom is -0.495 e. The molecule has 0 spiro atoms. The SMILES string of the molecule is COc1cc(Cl)c(C)cc1Nc1cc(C(=O)NCCN(C)C)nc(C)n1. The molecule has 1 aromatic heterocycles. The molecule has 2 rings (SSSR count). The van der Waals surface area contributed by atoms with Crippen LogP contribution in [0, 0.1) is 13.8 Å². The molecule has 0 bridgehead atoms. The van der Waals surface area contributed by atoms with Gasteiger partial charge in [-0.15, -0.1) is 0 Å². The maximum Gasteiger partial charge on any atom is 0.270 e. The second kappa shape index (κ2) is 8.82. The van der Waals surface area contributed by atoms with Gasteiger partial charge in [0.15, 0.2) is 0 Å². The van der Waals surface area contributed by atoms with Gasteiger partial charge in [-0.3, -0.25) is 4.79 Å². The third-order valence-corrected chi connectivity index (χ3v) is 4.07. The molecular weight excluding hydrogens is 354 g/mol. The van der Waals surface area contributed by atoms with Gasteiger partial charge in [-0.25, -0.2) is 9.97 Å². The Morgan fingerprint density at radius 2 is 1.96 bits per heavy atom.